The monoisotopic (exact) mass is 249 g/mol. The maximum Gasteiger partial charge on any atom is 0.147 e. The molecule has 0 saturated carbocycles. The van der Waals surface area contributed by atoms with Crippen molar-refractivity contribution >= 4 is 9.84 Å². The molecule has 1 rings (SSSR count). The predicted molar refractivity (Wildman–Crippen MR) is 65.3 cm³/mol. The summed E-state index contributed by atoms with van der Waals surface area (Å²) < 4.78 is 27.3. The Bertz CT molecular complexity index is 284. The van der Waals surface area contributed by atoms with Gasteiger partial charge in [-0.15, -0.1) is 0 Å². The standard InChI is InChI=1S/C11H23NO3S/c1-12-11(4-3-7-16(2,13)14)8-10-5-6-15-9-10/h10-12H,3-9H2,1-2H3. The Balaban J connectivity index is 2.20. The summed E-state index contributed by atoms with van der Waals surface area (Å²) in [6.45, 7) is 1.74. The largest absolute Gasteiger partial charge is 0.381 e. The molecular weight excluding hydrogens is 226 g/mol. The third-order valence-corrected chi connectivity index (χ3v) is 4.15. The van der Waals surface area contributed by atoms with Gasteiger partial charge in [0.25, 0.3) is 0 Å². The zero-order chi connectivity index (χ0) is 12.0. The molecule has 0 amide bonds. The van der Waals surface area contributed by atoms with Crippen molar-refractivity contribution in [2.45, 2.75) is 31.7 Å². The molecule has 2 unspecified atom stereocenters. The van der Waals surface area contributed by atoms with Crippen molar-refractivity contribution in [3.63, 3.8) is 0 Å². The van der Waals surface area contributed by atoms with Gasteiger partial charge in [-0.1, -0.05) is 0 Å². The first-order chi connectivity index (χ1) is 7.51. The second-order valence-corrected chi connectivity index (χ2v) is 6.98. The molecule has 2 atom stereocenters. The quantitative estimate of drug-likeness (QED) is 0.726. The lowest BCUT2D eigenvalue weighted by atomic mass is 9.96. The maximum atomic E-state index is 11.0. The van der Waals surface area contributed by atoms with Crippen molar-refractivity contribution in [3.8, 4) is 0 Å². The maximum absolute atomic E-state index is 11.0. The summed E-state index contributed by atoms with van der Waals surface area (Å²) in [5.41, 5.74) is 0. The second kappa shape index (κ2) is 6.57. The molecule has 0 aliphatic carbocycles. The Morgan fingerprint density at radius 2 is 2.25 bits per heavy atom. The molecule has 1 saturated heterocycles. The number of hydrogen-bond donors (Lipinski definition) is 1. The number of ether oxygens (including phenoxy) is 1. The van der Waals surface area contributed by atoms with E-state index in [1.165, 1.54) is 6.26 Å². The van der Waals surface area contributed by atoms with Crippen LogP contribution in [0.1, 0.15) is 25.7 Å². The van der Waals surface area contributed by atoms with Crippen LogP contribution in [-0.2, 0) is 14.6 Å². The van der Waals surface area contributed by atoms with E-state index in [9.17, 15) is 8.42 Å². The Morgan fingerprint density at radius 3 is 2.75 bits per heavy atom. The predicted octanol–water partition coefficient (Wildman–Crippen LogP) is 0.826. The average molecular weight is 249 g/mol. The Hall–Kier alpha value is -0.130. The van der Waals surface area contributed by atoms with E-state index in [-0.39, 0.29) is 0 Å². The molecule has 0 aromatic rings. The first-order valence-corrected chi connectivity index (χ1v) is 8.00. The van der Waals surface area contributed by atoms with Crippen LogP contribution >= 0.6 is 0 Å². The number of nitrogens with one attached hydrogen (secondary N) is 1. The SMILES string of the molecule is CNC(CCCS(C)(=O)=O)CC1CCOC1. The van der Waals surface area contributed by atoms with E-state index in [2.05, 4.69) is 5.32 Å². The molecule has 0 spiro atoms. The van der Waals surface area contributed by atoms with Crippen LogP contribution in [0.3, 0.4) is 0 Å². The smallest absolute Gasteiger partial charge is 0.147 e. The van der Waals surface area contributed by atoms with Crippen LogP contribution in [0.5, 0.6) is 0 Å². The molecule has 1 aliphatic rings. The van der Waals surface area contributed by atoms with Gasteiger partial charge in [0.2, 0.25) is 0 Å². The first kappa shape index (κ1) is 13.9. The van der Waals surface area contributed by atoms with Crippen LogP contribution in [-0.4, -0.2) is 46.7 Å². The van der Waals surface area contributed by atoms with E-state index < -0.39 is 9.84 Å². The van der Waals surface area contributed by atoms with Gasteiger partial charge in [0, 0.05) is 31.3 Å². The van der Waals surface area contributed by atoms with Crippen LogP contribution in [0.4, 0.5) is 0 Å². The number of hydrogen-bond acceptors (Lipinski definition) is 4. The fourth-order valence-electron chi connectivity index (χ4n) is 2.14. The molecule has 96 valence electrons. The van der Waals surface area contributed by atoms with Crippen molar-refractivity contribution in [2.75, 3.05) is 32.3 Å². The van der Waals surface area contributed by atoms with Crippen LogP contribution < -0.4 is 5.32 Å². The van der Waals surface area contributed by atoms with E-state index >= 15 is 0 Å². The molecule has 0 aromatic heterocycles. The normalized spacial score (nSPS) is 23.5. The summed E-state index contributed by atoms with van der Waals surface area (Å²) in [5.74, 6) is 0.947. The van der Waals surface area contributed by atoms with Gasteiger partial charge in [0.1, 0.15) is 9.84 Å². The van der Waals surface area contributed by atoms with Crippen LogP contribution in [0, 0.1) is 5.92 Å². The molecule has 4 nitrogen and oxygen atoms in total. The third-order valence-electron chi connectivity index (χ3n) is 3.12. The van der Waals surface area contributed by atoms with Gasteiger partial charge in [-0.25, -0.2) is 8.42 Å². The minimum atomic E-state index is -2.81. The van der Waals surface area contributed by atoms with Crippen molar-refractivity contribution in [1.82, 2.24) is 5.32 Å². The van der Waals surface area contributed by atoms with Gasteiger partial charge < -0.3 is 10.1 Å². The molecule has 1 heterocycles. The van der Waals surface area contributed by atoms with Crippen molar-refractivity contribution < 1.29 is 13.2 Å². The molecule has 0 radical (unpaired) electrons. The van der Waals surface area contributed by atoms with Crippen LogP contribution in [0.2, 0.25) is 0 Å². The fraction of sp³-hybridized carbons (Fsp3) is 1.00. The van der Waals surface area contributed by atoms with Gasteiger partial charge in [-0.3, -0.25) is 0 Å². The Labute approximate surface area is 98.7 Å². The molecule has 0 bridgehead atoms. The topological polar surface area (TPSA) is 55.4 Å². The zero-order valence-corrected chi connectivity index (χ0v) is 11.1. The summed E-state index contributed by atoms with van der Waals surface area (Å²) in [6, 6.07) is 0.424. The molecular formula is C11H23NO3S. The lowest BCUT2D eigenvalue weighted by molar-refractivity contribution is 0.181. The lowest BCUT2D eigenvalue weighted by Gasteiger charge is -2.18. The Kier molecular flexibility index (Phi) is 5.72. The zero-order valence-electron chi connectivity index (χ0n) is 10.2. The average Bonchev–Trinajstić information content (AvgIpc) is 2.67. The van der Waals surface area contributed by atoms with E-state index in [1.54, 1.807) is 0 Å². The van der Waals surface area contributed by atoms with E-state index in [0.717, 1.165) is 38.9 Å². The molecule has 1 fully saturated rings. The molecule has 16 heavy (non-hydrogen) atoms. The summed E-state index contributed by atoms with van der Waals surface area (Å²) in [4.78, 5) is 0. The molecule has 0 aromatic carbocycles. The molecule has 5 heteroatoms. The van der Waals surface area contributed by atoms with E-state index in [0.29, 0.717) is 17.7 Å². The van der Waals surface area contributed by atoms with Gasteiger partial charge >= 0.3 is 0 Å². The molecule has 1 aliphatic heterocycles. The van der Waals surface area contributed by atoms with E-state index in [4.69, 9.17) is 4.74 Å². The van der Waals surface area contributed by atoms with Crippen LogP contribution in [0.15, 0.2) is 0 Å². The van der Waals surface area contributed by atoms with Gasteiger partial charge in [-0.05, 0) is 38.6 Å². The minimum Gasteiger partial charge on any atom is -0.381 e. The van der Waals surface area contributed by atoms with Crippen LogP contribution in [0.25, 0.3) is 0 Å². The highest BCUT2D eigenvalue weighted by Crippen LogP contribution is 2.19. The van der Waals surface area contributed by atoms with Gasteiger partial charge in [0.05, 0.1) is 0 Å². The fourth-order valence-corrected chi connectivity index (χ4v) is 2.83. The highest BCUT2D eigenvalue weighted by atomic mass is 32.2. The van der Waals surface area contributed by atoms with Gasteiger partial charge in [0.15, 0.2) is 0 Å². The minimum absolute atomic E-state index is 0.298. The third kappa shape index (κ3) is 5.82. The number of rotatable bonds is 7. The summed E-state index contributed by atoms with van der Waals surface area (Å²) in [6.07, 6.45) is 5.22. The highest BCUT2D eigenvalue weighted by molar-refractivity contribution is 7.90. The number of sulfone groups is 1. The summed E-state index contributed by atoms with van der Waals surface area (Å²) in [7, 11) is -0.862. The Morgan fingerprint density at radius 1 is 1.50 bits per heavy atom. The molecule has 1 N–H and O–H groups in total. The van der Waals surface area contributed by atoms with Crippen molar-refractivity contribution in [1.29, 1.82) is 0 Å². The van der Waals surface area contributed by atoms with E-state index in [1.807, 2.05) is 7.05 Å². The lowest BCUT2D eigenvalue weighted by Crippen LogP contribution is -2.28. The summed E-state index contributed by atoms with van der Waals surface area (Å²) >= 11 is 0. The summed E-state index contributed by atoms with van der Waals surface area (Å²) in [5, 5.41) is 3.26. The highest BCUT2D eigenvalue weighted by Gasteiger charge is 2.19. The van der Waals surface area contributed by atoms with Crippen molar-refractivity contribution in [3.05, 3.63) is 0 Å². The van der Waals surface area contributed by atoms with Crippen molar-refractivity contribution in [2.24, 2.45) is 5.92 Å². The van der Waals surface area contributed by atoms with Gasteiger partial charge in [-0.2, -0.15) is 0 Å². The second-order valence-electron chi connectivity index (χ2n) is 4.72. The first-order valence-electron chi connectivity index (χ1n) is 5.94.